The summed E-state index contributed by atoms with van der Waals surface area (Å²) in [4.78, 5) is 2.32. The first-order valence-corrected chi connectivity index (χ1v) is 7.01. The largest absolute Gasteiger partial charge is 0.389 e. The fourth-order valence-electron chi connectivity index (χ4n) is 2.33. The molecule has 1 aliphatic heterocycles. The first-order valence-electron chi connectivity index (χ1n) is 7.01. The molecule has 0 aromatic carbocycles. The molecule has 3 nitrogen and oxygen atoms in total. The summed E-state index contributed by atoms with van der Waals surface area (Å²) in [5.74, 6) is 3.38. The van der Waals surface area contributed by atoms with Crippen molar-refractivity contribution in [2.75, 3.05) is 26.2 Å². The lowest BCUT2D eigenvalue weighted by atomic mass is 10.00. The molecule has 0 aliphatic carbocycles. The number of ether oxygens (including phenoxy) is 1. The Hall–Kier alpha value is -0.560. The minimum atomic E-state index is -0.545. The number of hydrogen-bond acceptors (Lipinski definition) is 3. The van der Waals surface area contributed by atoms with Crippen LogP contribution in [-0.2, 0) is 4.74 Å². The van der Waals surface area contributed by atoms with Gasteiger partial charge in [-0.15, -0.1) is 6.42 Å². The van der Waals surface area contributed by atoms with Crippen molar-refractivity contribution < 1.29 is 9.84 Å². The predicted molar refractivity (Wildman–Crippen MR) is 74.3 cm³/mol. The molecular weight excluding hydrogens is 226 g/mol. The van der Waals surface area contributed by atoms with Crippen LogP contribution in [0.5, 0.6) is 0 Å². The number of β-amino-alcohol motifs (C(OH)–C–C–N with tert-alkyl or cyclic N) is 1. The second-order valence-electron chi connectivity index (χ2n) is 5.70. The van der Waals surface area contributed by atoms with Gasteiger partial charge in [0.1, 0.15) is 5.60 Å². The van der Waals surface area contributed by atoms with Gasteiger partial charge in [0, 0.05) is 13.1 Å². The highest BCUT2D eigenvalue weighted by Crippen LogP contribution is 2.17. The number of rotatable bonds is 6. The van der Waals surface area contributed by atoms with Gasteiger partial charge in [0.15, 0.2) is 0 Å². The fourth-order valence-corrected chi connectivity index (χ4v) is 2.33. The normalized spacial score (nSPS) is 26.3. The third-order valence-corrected chi connectivity index (χ3v) is 3.78. The standard InChI is InChI=1S/C15H27NO2/c1-5-15(4,6-2)18-12-14(17)11-16-9-7-8-13(3)10-16/h1,13-14,17H,6-12H2,2-4H3/t13-,14-,15-/m1/s1. The zero-order chi connectivity index (χ0) is 13.6. The Morgan fingerprint density at radius 2 is 2.33 bits per heavy atom. The third kappa shape index (κ3) is 4.97. The Morgan fingerprint density at radius 1 is 1.61 bits per heavy atom. The Kier molecular flexibility index (Phi) is 6.14. The minimum Gasteiger partial charge on any atom is -0.389 e. The maximum absolute atomic E-state index is 10.0. The van der Waals surface area contributed by atoms with Gasteiger partial charge < -0.3 is 14.7 Å². The highest BCUT2D eigenvalue weighted by Gasteiger charge is 2.23. The lowest BCUT2D eigenvalue weighted by molar-refractivity contribution is -0.0494. The Morgan fingerprint density at radius 3 is 2.89 bits per heavy atom. The van der Waals surface area contributed by atoms with Crippen LogP contribution in [0.4, 0.5) is 0 Å². The number of piperidine rings is 1. The van der Waals surface area contributed by atoms with Crippen molar-refractivity contribution in [3.63, 3.8) is 0 Å². The van der Waals surface area contributed by atoms with E-state index in [2.05, 4.69) is 17.7 Å². The van der Waals surface area contributed by atoms with Crippen molar-refractivity contribution in [3.05, 3.63) is 0 Å². The summed E-state index contributed by atoms with van der Waals surface area (Å²) in [5, 5.41) is 10.0. The molecular formula is C15H27NO2. The molecule has 0 aromatic rings. The predicted octanol–water partition coefficient (Wildman–Crippen LogP) is 1.90. The highest BCUT2D eigenvalue weighted by molar-refractivity contribution is 5.05. The van der Waals surface area contributed by atoms with Crippen LogP contribution >= 0.6 is 0 Å². The van der Waals surface area contributed by atoms with Gasteiger partial charge in [0.2, 0.25) is 0 Å². The van der Waals surface area contributed by atoms with Crippen molar-refractivity contribution in [2.24, 2.45) is 5.92 Å². The summed E-state index contributed by atoms with van der Waals surface area (Å²) in [6, 6.07) is 0. The second kappa shape index (κ2) is 7.13. The zero-order valence-electron chi connectivity index (χ0n) is 12.0. The number of terminal acetylenes is 1. The first kappa shape index (κ1) is 15.5. The molecule has 0 radical (unpaired) electrons. The molecule has 0 bridgehead atoms. The van der Waals surface area contributed by atoms with E-state index in [0.717, 1.165) is 25.4 Å². The van der Waals surface area contributed by atoms with E-state index < -0.39 is 11.7 Å². The summed E-state index contributed by atoms with van der Waals surface area (Å²) < 4.78 is 5.65. The molecule has 0 amide bonds. The number of aliphatic hydroxyl groups is 1. The summed E-state index contributed by atoms with van der Waals surface area (Å²) in [6.45, 7) is 9.33. The first-order chi connectivity index (χ1) is 8.49. The number of nitrogens with zero attached hydrogens (tertiary/aromatic N) is 1. The number of aliphatic hydroxyl groups excluding tert-OH is 1. The van der Waals surface area contributed by atoms with E-state index in [1.54, 1.807) is 0 Å². The van der Waals surface area contributed by atoms with Crippen LogP contribution in [0, 0.1) is 18.3 Å². The van der Waals surface area contributed by atoms with Crippen LogP contribution < -0.4 is 0 Å². The maximum atomic E-state index is 10.0. The topological polar surface area (TPSA) is 32.7 Å². The SMILES string of the molecule is C#C[C@](C)(CC)OC[C@H](O)CN1CCC[C@@H](C)C1. The molecule has 104 valence electrons. The zero-order valence-corrected chi connectivity index (χ0v) is 12.0. The summed E-state index contributed by atoms with van der Waals surface area (Å²) >= 11 is 0. The molecule has 18 heavy (non-hydrogen) atoms. The average molecular weight is 253 g/mol. The molecule has 0 aromatic heterocycles. The van der Waals surface area contributed by atoms with Gasteiger partial charge in [-0.25, -0.2) is 0 Å². The average Bonchev–Trinajstić information content (AvgIpc) is 2.36. The third-order valence-electron chi connectivity index (χ3n) is 3.78. The van der Waals surface area contributed by atoms with Gasteiger partial charge >= 0.3 is 0 Å². The molecule has 1 rings (SSSR count). The van der Waals surface area contributed by atoms with Gasteiger partial charge in [-0.2, -0.15) is 0 Å². The van der Waals surface area contributed by atoms with E-state index >= 15 is 0 Å². The lowest BCUT2D eigenvalue weighted by Gasteiger charge is -2.33. The minimum absolute atomic E-state index is 0.319. The Labute approximate surface area is 112 Å². The van der Waals surface area contributed by atoms with E-state index in [4.69, 9.17) is 11.2 Å². The lowest BCUT2D eigenvalue weighted by Crippen LogP contribution is -2.42. The highest BCUT2D eigenvalue weighted by atomic mass is 16.5. The van der Waals surface area contributed by atoms with Crippen molar-refractivity contribution in [2.45, 2.75) is 51.7 Å². The Balaban J connectivity index is 2.29. The van der Waals surface area contributed by atoms with Crippen LogP contribution in [0.25, 0.3) is 0 Å². The molecule has 0 saturated carbocycles. The van der Waals surface area contributed by atoms with Crippen LogP contribution in [-0.4, -0.2) is 48.0 Å². The molecule has 1 heterocycles. The monoisotopic (exact) mass is 253 g/mol. The van der Waals surface area contributed by atoms with E-state index in [9.17, 15) is 5.11 Å². The smallest absolute Gasteiger partial charge is 0.125 e. The van der Waals surface area contributed by atoms with Gasteiger partial charge in [-0.05, 0) is 38.6 Å². The molecule has 0 unspecified atom stereocenters. The van der Waals surface area contributed by atoms with E-state index in [-0.39, 0.29) is 0 Å². The molecule has 3 atom stereocenters. The maximum Gasteiger partial charge on any atom is 0.125 e. The summed E-state index contributed by atoms with van der Waals surface area (Å²) in [7, 11) is 0. The quantitative estimate of drug-likeness (QED) is 0.734. The molecule has 1 fully saturated rings. The van der Waals surface area contributed by atoms with Crippen molar-refractivity contribution in [1.29, 1.82) is 0 Å². The molecule has 3 heteroatoms. The van der Waals surface area contributed by atoms with Gasteiger partial charge in [-0.1, -0.05) is 19.8 Å². The van der Waals surface area contributed by atoms with Gasteiger partial charge in [0.05, 0.1) is 12.7 Å². The van der Waals surface area contributed by atoms with Crippen LogP contribution in [0.2, 0.25) is 0 Å². The second-order valence-corrected chi connectivity index (χ2v) is 5.70. The van der Waals surface area contributed by atoms with Gasteiger partial charge in [-0.3, -0.25) is 0 Å². The molecule has 1 N–H and O–H groups in total. The summed E-state index contributed by atoms with van der Waals surface area (Å²) in [6.07, 6.45) is 8.28. The Bertz CT molecular complexity index is 287. The number of hydrogen-bond donors (Lipinski definition) is 1. The van der Waals surface area contributed by atoms with Crippen LogP contribution in [0.1, 0.15) is 40.0 Å². The van der Waals surface area contributed by atoms with Crippen LogP contribution in [0.15, 0.2) is 0 Å². The van der Waals surface area contributed by atoms with Crippen molar-refractivity contribution in [3.8, 4) is 12.3 Å². The molecule has 1 aliphatic rings. The van der Waals surface area contributed by atoms with Crippen molar-refractivity contribution in [1.82, 2.24) is 4.90 Å². The van der Waals surface area contributed by atoms with E-state index in [1.807, 2.05) is 13.8 Å². The van der Waals surface area contributed by atoms with E-state index in [0.29, 0.717) is 13.2 Å². The van der Waals surface area contributed by atoms with Crippen LogP contribution in [0.3, 0.4) is 0 Å². The van der Waals surface area contributed by atoms with Gasteiger partial charge in [0.25, 0.3) is 0 Å². The van der Waals surface area contributed by atoms with Crippen molar-refractivity contribution >= 4 is 0 Å². The molecule has 0 spiro atoms. The fraction of sp³-hybridized carbons (Fsp3) is 0.867. The summed E-state index contributed by atoms with van der Waals surface area (Å²) in [5.41, 5.74) is -0.545. The molecule has 1 saturated heterocycles. The number of likely N-dealkylation sites (tertiary alicyclic amines) is 1. The van der Waals surface area contributed by atoms with E-state index in [1.165, 1.54) is 12.8 Å².